The summed E-state index contributed by atoms with van der Waals surface area (Å²) in [5.74, 6) is 0.621. The third kappa shape index (κ3) is 2.52. The molecule has 0 radical (unpaired) electrons. The molecule has 0 aliphatic heterocycles. The van der Waals surface area contributed by atoms with Crippen LogP contribution in [0.1, 0.15) is 13.8 Å². The molecule has 0 aliphatic carbocycles. The molecule has 21 heavy (non-hydrogen) atoms. The molecule has 2 heterocycles. The number of amides is 1. The van der Waals surface area contributed by atoms with E-state index >= 15 is 0 Å². The number of pyridine rings is 1. The Labute approximate surface area is 123 Å². The summed E-state index contributed by atoms with van der Waals surface area (Å²) < 4.78 is 1.91. The fourth-order valence-corrected chi connectivity index (χ4v) is 2.17. The number of benzene rings is 1. The summed E-state index contributed by atoms with van der Waals surface area (Å²) in [6.07, 6.45) is 1.91. The molecule has 0 fully saturated rings. The van der Waals surface area contributed by atoms with Crippen molar-refractivity contribution < 1.29 is 4.79 Å². The van der Waals surface area contributed by atoms with Gasteiger partial charge in [-0.15, -0.1) is 0 Å². The molecule has 106 valence electrons. The summed E-state index contributed by atoms with van der Waals surface area (Å²) in [7, 11) is 0. The first-order valence-electron chi connectivity index (χ1n) is 7.00. The van der Waals surface area contributed by atoms with Crippen molar-refractivity contribution in [2.24, 2.45) is 5.92 Å². The SMILES string of the molecule is CC(C)C(=O)Nc1c(-c2ccccc2)nc2ccccn12. The molecule has 0 saturated heterocycles. The van der Waals surface area contributed by atoms with Crippen molar-refractivity contribution in [3.05, 3.63) is 54.7 Å². The molecule has 0 bridgehead atoms. The standard InChI is InChI=1S/C17H17N3O/c1-12(2)17(21)19-16-15(13-8-4-3-5-9-13)18-14-10-6-7-11-20(14)16/h3-12H,1-2H3,(H,19,21). The van der Waals surface area contributed by atoms with E-state index in [1.807, 2.05) is 73.0 Å². The number of carbonyl (C=O) groups excluding carboxylic acids is 1. The van der Waals surface area contributed by atoms with Crippen LogP contribution in [-0.2, 0) is 4.79 Å². The van der Waals surface area contributed by atoms with Crippen LogP contribution in [-0.4, -0.2) is 15.3 Å². The summed E-state index contributed by atoms with van der Waals surface area (Å²) in [6.45, 7) is 3.75. The monoisotopic (exact) mass is 279 g/mol. The van der Waals surface area contributed by atoms with E-state index in [9.17, 15) is 4.79 Å². The Morgan fingerprint density at radius 2 is 1.81 bits per heavy atom. The van der Waals surface area contributed by atoms with Gasteiger partial charge in [0, 0.05) is 17.7 Å². The van der Waals surface area contributed by atoms with Crippen LogP contribution in [0.15, 0.2) is 54.7 Å². The molecular formula is C17H17N3O. The lowest BCUT2D eigenvalue weighted by Crippen LogP contribution is -2.19. The van der Waals surface area contributed by atoms with Gasteiger partial charge in [-0.1, -0.05) is 50.2 Å². The van der Waals surface area contributed by atoms with Gasteiger partial charge < -0.3 is 5.32 Å². The quantitative estimate of drug-likeness (QED) is 0.796. The Kier molecular flexibility index (Phi) is 3.44. The first kappa shape index (κ1) is 13.4. The first-order chi connectivity index (χ1) is 10.2. The molecule has 1 amide bonds. The molecule has 0 aliphatic rings. The van der Waals surface area contributed by atoms with Gasteiger partial charge in [-0.05, 0) is 12.1 Å². The predicted molar refractivity (Wildman–Crippen MR) is 84.1 cm³/mol. The van der Waals surface area contributed by atoms with Crippen LogP contribution in [0.2, 0.25) is 0 Å². The average Bonchev–Trinajstić information content (AvgIpc) is 2.87. The number of fused-ring (bicyclic) bond motifs is 1. The Balaban J connectivity index is 2.17. The molecule has 0 unspecified atom stereocenters. The van der Waals surface area contributed by atoms with Gasteiger partial charge in [0.05, 0.1) is 0 Å². The van der Waals surface area contributed by atoms with Crippen molar-refractivity contribution in [3.8, 4) is 11.3 Å². The third-order valence-electron chi connectivity index (χ3n) is 3.34. The highest BCUT2D eigenvalue weighted by molar-refractivity contribution is 5.95. The minimum absolute atomic E-state index is 0.0159. The summed E-state index contributed by atoms with van der Waals surface area (Å²) in [5.41, 5.74) is 2.59. The van der Waals surface area contributed by atoms with Crippen molar-refractivity contribution in [2.75, 3.05) is 5.32 Å². The van der Waals surface area contributed by atoms with E-state index in [0.717, 1.165) is 22.7 Å². The number of imidazole rings is 1. The molecule has 2 aromatic heterocycles. The summed E-state index contributed by atoms with van der Waals surface area (Å²) in [6, 6.07) is 15.7. The lowest BCUT2D eigenvalue weighted by atomic mass is 10.1. The molecule has 0 saturated carbocycles. The molecule has 4 heteroatoms. The van der Waals surface area contributed by atoms with Gasteiger partial charge in [-0.25, -0.2) is 4.98 Å². The minimum atomic E-state index is -0.0807. The average molecular weight is 279 g/mol. The predicted octanol–water partition coefficient (Wildman–Crippen LogP) is 3.60. The van der Waals surface area contributed by atoms with E-state index in [-0.39, 0.29) is 11.8 Å². The highest BCUT2D eigenvalue weighted by atomic mass is 16.1. The Morgan fingerprint density at radius 1 is 1.10 bits per heavy atom. The van der Waals surface area contributed by atoms with E-state index in [2.05, 4.69) is 10.3 Å². The first-order valence-corrected chi connectivity index (χ1v) is 7.00. The topological polar surface area (TPSA) is 46.4 Å². The normalized spacial score (nSPS) is 11.0. The van der Waals surface area contributed by atoms with Crippen molar-refractivity contribution in [3.63, 3.8) is 0 Å². The number of anilines is 1. The minimum Gasteiger partial charge on any atom is -0.310 e. The fourth-order valence-electron chi connectivity index (χ4n) is 2.17. The van der Waals surface area contributed by atoms with Gasteiger partial charge in [-0.2, -0.15) is 0 Å². The number of aromatic nitrogens is 2. The molecule has 3 rings (SSSR count). The molecule has 0 spiro atoms. The molecule has 1 N–H and O–H groups in total. The van der Waals surface area contributed by atoms with Gasteiger partial charge in [0.25, 0.3) is 0 Å². The van der Waals surface area contributed by atoms with Crippen LogP contribution in [0.5, 0.6) is 0 Å². The van der Waals surface area contributed by atoms with Gasteiger partial charge in [0.15, 0.2) is 0 Å². The molecule has 3 aromatic rings. The van der Waals surface area contributed by atoms with Crippen molar-refractivity contribution in [1.82, 2.24) is 9.38 Å². The van der Waals surface area contributed by atoms with E-state index < -0.39 is 0 Å². The number of nitrogens with one attached hydrogen (secondary N) is 1. The molecule has 1 aromatic carbocycles. The van der Waals surface area contributed by atoms with Gasteiger partial charge in [0.2, 0.25) is 5.91 Å². The molecule has 0 atom stereocenters. The second-order valence-corrected chi connectivity index (χ2v) is 5.25. The third-order valence-corrected chi connectivity index (χ3v) is 3.34. The van der Waals surface area contributed by atoms with Gasteiger partial charge in [0.1, 0.15) is 17.2 Å². The van der Waals surface area contributed by atoms with Crippen LogP contribution in [0.3, 0.4) is 0 Å². The van der Waals surface area contributed by atoms with E-state index in [1.54, 1.807) is 0 Å². The number of hydrogen-bond acceptors (Lipinski definition) is 2. The smallest absolute Gasteiger partial charge is 0.228 e. The van der Waals surface area contributed by atoms with Crippen molar-refractivity contribution in [1.29, 1.82) is 0 Å². The van der Waals surface area contributed by atoms with Crippen LogP contribution < -0.4 is 5.32 Å². The van der Waals surface area contributed by atoms with Gasteiger partial charge in [-0.3, -0.25) is 9.20 Å². The zero-order valence-corrected chi connectivity index (χ0v) is 12.1. The Hall–Kier alpha value is -2.62. The lowest BCUT2D eigenvalue weighted by molar-refractivity contribution is -0.118. The second-order valence-electron chi connectivity index (χ2n) is 5.25. The largest absolute Gasteiger partial charge is 0.310 e. The number of hydrogen-bond donors (Lipinski definition) is 1. The second kappa shape index (κ2) is 5.40. The number of rotatable bonds is 3. The number of nitrogens with zero attached hydrogens (tertiary/aromatic N) is 2. The highest BCUT2D eigenvalue weighted by Gasteiger charge is 2.17. The van der Waals surface area contributed by atoms with Crippen LogP contribution in [0, 0.1) is 5.92 Å². The maximum atomic E-state index is 12.1. The van der Waals surface area contributed by atoms with E-state index in [0.29, 0.717) is 0 Å². The maximum absolute atomic E-state index is 12.1. The lowest BCUT2D eigenvalue weighted by Gasteiger charge is -2.09. The van der Waals surface area contributed by atoms with Crippen LogP contribution in [0.25, 0.3) is 16.9 Å². The van der Waals surface area contributed by atoms with E-state index in [1.165, 1.54) is 0 Å². The Morgan fingerprint density at radius 3 is 2.52 bits per heavy atom. The highest BCUT2D eigenvalue weighted by Crippen LogP contribution is 2.28. The fraction of sp³-hybridized carbons (Fsp3) is 0.176. The molecule has 4 nitrogen and oxygen atoms in total. The zero-order chi connectivity index (χ0) is 14.8. The zero-order valence-electron chi connectivity index (χ0n) is 12.1. The Bertz CT molecular complexity index is 775. The van der Waals surface area contributed by atoms with Crippen LogP contribution in [0.4, 0.5) is 5.82 Å². The summed E-state index contributed by atoms with van der Waals surface area (Å²) in [5, 5.41) is 2.99. The van der Waals surface area contributed by atoms with E-state index in [4.69, 9.17) is 0 Å². The molecular weight excluding hydrogens is 262 g/mol. The maximum Gasteiger partial charge on any atom is 0.228 e. The van der Waals surface area contributed by atoms with Crippen molar-refractivity contribution in [2.45, 2.75) is 13.8 Å². The number of carbonyl (C=O) groups is 1. The van der Waals surface area contributed by atoms with Gasteiger partial charge >= 0.3 is 0 Å². The van der Waals surface area contributed by atoms with Crippen LogP contribution >= 0.6 is 0 Å². The summed E-state index contributed by atoms with van der Waals surface area (Å²) >= 11 is 0. The van der Waals surface area contributed by atoms with Crippen molar-refractivity contribution >= 4 is 17.4 Å². The summed E-state index contributed by atoms with van der Waals surface area (Å²) in [4.78, 5) is 16.7.